The summed E-state index contributed by atoms with van der Waals surface area (Å²) >= 11 is 1.39. The van der Waals surface area contributed by atoms with Crippen LogP contribution in [0.1, 0.15) is 17.5 Å². The average molecular weight is 366 g/mol. The zero-order chi connectivity index (χ0) is 18.0. The minimum absolute atomic E-state index is 0.00629. The van der Waals surface area contributed by atoms with Gasteiger partial charge < -0.3 is 25.2 Å². The zero-order valence-corrected chi connectivity index (χ0v) is 14.2. The Kier molecular flexibility index (Phi) is 5.35. The lowest BCUT2D eigenvalue weighted by atomic mass is 10.1. The summed E-state index contributed by atoms with van der Waals surface area (Å²) < 4.78 is 6.47. The average Bonchev–Trinajstić information content (AvgIpc) is 3.09. The Bertz CT molecular complexity index is 764. The molecular formula is C15H18N4O5S. The number of hydrogen-bond donors (Lipinski definition) is 4. The molecule has 9 nitrogen and oxygen atoms in total. The summed E-state index contributed by atoms with van der Waals surface area (Å²) in [4.78, 5) is 0. The van der Waals surface area contributed by atoms with Crippen LogP contribution >= 0.6 is 11.8 Å². The second-order valence-electron chi connectivity index (χ2n) is 5.40. The van der Waals surface area contributed by atoms with Gasteiger partial charge >= 0.3 is 0 Å². The molecule has 0 saturated heterocycles. The first-order chi connectivity index (χ1) is 12.0. The molecule has 0 saturated carbocycles. The van der Waals surface area contributed by atoms with Crippen molar-refractivity contribution in [1.29, 1.82) is 0 Å². The van der Waals surface area contributed by atoms with Crippen LogP contribution in [0, 0.1) is 0 Å². The molecule has 0 amide bonds. The lowest BCUT2D eigenvalue weighted by Gasteiger charge is -2.21. The zero-order valence-electron chi connectivity index (χ0n) is 13.3. The third-order valence-electron chi connectivity index (χ3n) is 3.79. The molecule has 3 unspecified atom stereocenters. The Hall–Kier alpha value is -1.98. The molecule has 25 heavy (non-hydrogen) atoms. The summed E-state index contributed by atoms with van der Waals surface area (Å²) in [5.41, 5.74) is 1.62. The van der Waals surface area contributed by atoms with E-state index in [1.807, 2.05) is 24.3 Å². The SMILES string of the molecule is COc1ccc(C2=Nn3c(nnc3C(O)C(O)C(O)CO)SC2)cc1. The van der Waals surface area contributed by atoms with Crippen LogP contribution in [-0.2, 0) is 0 Å². The third-order valence-corrected chi connectivity index (χ3v) is 4.72. The number of hydrogen-bond acceptors (Lipinski definition) is 9. The number of thioether (sulfide) groups is 1. The predicted molar refractivity (Wildman–Crippen MR) is 89.7 cm³/mol. The van der Waals surface area contributed by atoms with Crippen molar-refractivity contribution in [2.24, 2.45) is 5.10 Å². The van der Waals surface area contributed by atoms with Crippen LogP contribution in [0.15, 0.2) is 34.5 Å². The molecule has 0 fully saturated rings. The van der Waals surface area contributed by atoms with E-state index in [-0.39, 0.29) is 5.82 Å². The van der Waals surface area contributed by atoms with Crippen molar-refractivity contribution in [3.8, 4) is 5.75 Å². The summed E-state index contributed by atoms with van der Waals surface area (Å²) in [5.74, 6) is 1.30. The first-order valence-electron chi connectivity index (χ1n) is 7.50. The largest absolute Gasteiger partial charge is 0.497 e. The third kappa shape index (κ3) is 3.53. The maximum absolute atomic E-state index is 10.2. The topological polar surface area (TPSA) is 133 Å². The van der Waals surface area contributed by atoms with Crippen LogP contribution in [-0.4, -0.2) is 72.7 Å². The van der Waals surface area contributed by atoms with Gasteiger partial charge in [-0.05, 0) is 29.8 Å². The maximum atomic E-state index is 10.2. The summed E-state index contributed by atoms with van der Waals surface area (Å²) in [6.07, 6.45) is -4.64. The minimum atomic E-state index is -1.61. The highest BCUT2D eigenvalue weighted by Gasteiger charge is 2.32. The molecule has 0 aliphatic carbocycles. The van der Waals surface area contributed by atoms with Gasteiger partial charge in [-0.2, -0.15) is 9.78 Å². The van der Waals surface area contributed by atoms with Gasteiger partial charge in [0, 0.05) is 5.75 Å². The van der Waals surface area contributed by atoms with Gasteiger partial charge in [0.05, 0.1) is 19.4 Å². The minimum Gasteiger partial charge on any atom is -0.497 e. The Morgan fingerprint density at radius 3 is 2.56 bits per heavy atom. The highest BCUT2D eigenvalue weighted by atomic mass is 32.2. The molecule has 2 aromatic rings. The van der Waals surface area contributed by atoms with E-state index in [0.29, 0.717) is 10.9 Å². The number of benzene rings is 1. The number of aromatic nitrogens is 3. The van der Waals surface area contributed by atoms with Crippen molar-refractivity contribution in [3.05, 3.63) is 35.7 Å². The number of ether oxygens (including phenoxy) is 1. The normalized spacial score (nSPS) is 17.4. The van der Waals surface area contributed by atoms with Crippen LogP contribution in [0.25, 0.3) is 0 Å². The van der Waals surface area contributed by atoms with Crippen molar-refractivity contribution < 1.29 is 25.2 Å². The summed E-state index contributed by atoms with van der Waals surface area (Å²) in [6, 6.07) is 7.38. The molecule has 1 aliphatic rings. The first kappa shape index (κ1) is 17.8. The molecule has 0 spiro atoms. The Morgan fingerprint density at radius 2 is 1.92 bits per heavy atom. The second-order valence-corrected chi connectivity index (χ2v) is 6.34. The van der Waals surface area contributed by atoms with Gasteiger partial charge in [-0.25, -0.2) is 0 Å². The van der Waals surface area contributed by atoms with Crippen LogP contribution < -0.4 is 4.74 Å². The van der Waals surface area contributed by atoms with E-state index in [1.165, 1.54) is 16.4 Å². The van der Waals surface area contributed by atoms with Gasteiger partial charge in [-0.3, -0.25) is 0 Å². The number of nitrogens with zero attached hydrogens (tertiary/aromatic N) is 4. The van der Waals surface area contributed by atoms with Gasteiger partial charge in [0.1, 0.15) is 24.1 Å². The molecule has 2 heterocycles. The molecule has 134 valence electrons. The van der Waals surface area contributed by atoms with Gasteiger partial charge in [0.15, 0.2) is 5.82 Å². The van der Waals surface area contributed by atoms with E-state index >= 15 is 0 Å². The first-order valence-corrected chi connectivity index (χ1v) is 8.49. The smallest absolute Gasteiger partial charge is 0.212 e. The Morgan fingerprint density at radius 1 is 1.20 bits per heavy atom. The molecule has 3 rings (SSSR count). The van der Waals surface area contributed by atoms with Crippen molar-refractivity contribution >= 4 is 17.5 Å². The monoisotopic (exact) mass is 366 g/mol. The van der Waals surface area contributed by atoms with E-state index in [9.17, 15) is 15.3 Å². The number of methoxy groups -OCH3 is 1. The molecule has 1 aromatic heterocycles. The number of aliphatic hydroxyl groups is 4. The van der Waals surface area contributed by atoms with Gasteiger partial charge in [0.25, 0.3) is 0 Å². The van der Waals surface area contributed by atoms with Crippen LogP contribution in [0.2, 0.25) is 0 Å². The van der Waals surface area contributed by atoms with E-state index in [4.69, 9.17) is 9.84 Å². The van der Waals surface area contributed by atoms with Gasteiger partial charge in [-0.1, -0.05) is 11.8 Å². The fourth-order valence-electron chi connectivity index (χ4n) is 2.32. The lowest BCUT2D eigenvalue weighted by Crippen LogP contribution is -2.36. The molecule has 1 aliphatic heterocycles. The summed E-state index contributed by atoms with van der Waals surface area (Å²) in [6.45, 7) is -0.686. The molecule has 3 atom stereocenters. The number of rotatable bonds is 6. The van der Waals surface area contributed by atoms with E-state index in [0.717, 1.165) is 17.0 Å². The van der Waals surface area contributed by atoms with Crippen LogP contribution in [0.4, 0.5) is 0 Å². The molecule has 0 bridgehead atoms. The highest BCUT2D eigenvalue weighted by Crippen LogP contribution is 2.28. The van der Waals surface area contributed by atoms with Crippen LogP contribution in [0.5, 0.6) is 5.75 Å². The fourth-order valence-corrected chi connectivity index (χ4v) is 3.17. The van der Waals surface area contributed by atoms with Crippen molar-refractivity contribution in [2.45, 2.75) is 23.5 Å². The van der Waals surface area contributed by atoms with Gasteiger partial charge in [0.2, 0.25) is 5.16 Å². The molecule has 1 aromatic carbocycles. The van der Waals surface area contributed by atoms with E-state index in [1.54, 1.807) is 7.11 Å². The standard InChI is InChI=1S/C15H18N4O5S/c1-24-9-4-2-8(3-5-9)10-7-25-15-17-16-14(19(15)18-10)13(23)12(22)11(21)6-20/h2-5,11-13,20-23H,6-7H2,1H3. The Labute approximate surface area is 147 Å². The predicted octanol–water partition coefficient (Wildman–Crippen LogP) is -0.608. The molecule has 4 N–H and O–H groups in total. The second kappa shape index (κ2) is 7.50. The fraction of sp³-hybridized carbons (Fsp3) is 0.400. The van der Waals surface area contributed by atoms with E-state index in [2.05, 4.69) is 15.3 Å². The molecule has 10 heteroatoms. The van der Waals surface area contributed by atoms with Crippen LogP contribution in [0.3, 0.4) is 0 Å². The van der Waals surface area contributed by atoms with Gasteiger partial charge in [-0.15, -0.1) is 10.2 Å². The number of fused-ring (bicyclic) bond motifs is 1. The van der Waals surface area contributed by atoms with Crippen molar-refractivity contribution in [3.63, 3.8) is 0 Å². The quantitative estimate of drug-likeness (QED) is 0.532. The lowest BCUT2D eigenvalue weighted by molar-refractivity contribution is -0.0813. The van der Waals surface area contributed by atoms with Crippen molar-refractivity contribution in [1.82, 2.24) is 14.9 Å². The van der Waals surface area contributed by atoms with E-state index < -0.39 is 24.9 Å². The Balaban J connectivity index is 1.91. The number of aliphatic hydroxyl groups excluding tert-OH is 4. The highest BCUT2D eigenvalue weighted by molar-refractivity contribution is 7.99. The summed E-state index contributed by atoms with van der Waals surface area (Å²) in [7, 11) is 1.59. The maximum Gasteiger partial charge on any atom is 0.212 e. The van der Waals surface area contributed by atoms with Crippen molar-refractivity contribution in [2.75, 3.05) is 19.5 Å². The molecule has 0 radical (unpaired) electrons. The molecular weight excluding hydrogens is 348 g/mol. The summed E-state index contributed by atoms with van der Waals surface area (Å²) in [5, 5.41) is 51.2.